The van der Waals surface area contributed by atoms with E-state index >= 15 is 0 Å². The highest BCUT2D eigenvalue weighted by Gasteiger charge is 2.28. The number of rotatable bonds is 4. The number of carbonyl (C=O) groups excluding carboxylic acids is 1. The molecule has 27 heavy (non-hydrogen) atoms. The first-order chi connectivity index (χ1) is 13.2. The first-order valence-electron chi connectivity index (χ1n) is 9.36. The number of benzene rings is 1. The lowest BCUT2D eigenvalue weighted by Gasteiger charge is -2.31. The predicted molar refractivity (Wildman–Crippen MR) is 101 cm³/mol. The van der Waals surface area contributed by atoms with Crippen LogP contribution < -0.4 is 5.32 Å². The number of aromatic nitrogens is 3. The maximum Gasteiger partial charge on any atom is 0.317 e. The maximum absolute atomic E-state index is 12.6. The summed E-state index contributed by atoms with van der Waals surface area (Å²) in [5, 5.41) is 8.01. The van der Waals surface area contributed by atoms with E-state index in [1.807, 2.05) is 24.0 Å². The summed E-state index contributed by atoms with van der Waals surface area (Å²) in [7, 11) is 0. The van der Waals surface area contributed by atoms with Crippen molar-refractivity contribution in [2.45, 2.75) is 32.1 Å². The molecular formula is C20H23N5O2. The fraction of sp³-hybridized carbons (Fsp3) is 0.400. The van der Waals surface area contributed by atoms with Crippen LogP contribution in [0.1, 0.15) is 36.0 Å². The number of amides is 2. The van der Waals surface area contributed by atoms with Crippen LogP contribution in [0.4, 0.5) is 4.79 Å². The second-order valence-electron chi connectivity index (χ2n) is 6.94. The van der Waals surface area contributed by atoms with Crippen molar-refractivity contribution < 1.29 is 9.32 Å². The minimum atomic E-state index is -0.0378. The van der Waals surface area contributed by atoms with Crippen LogP contribution in [0.2, 0.25) is 0 Å². The number of aryl methyl sites for hydroxylation is 1. The molecule has 0 unspecified atom stereocenters. The van der Waals surface area contributed by atoms with Gasteiger partial charge in [0, 0.05) is 31.2 Å². The van der Waals surface area contributed by atoms with Crippen molar-refractivity contribution in [1.29, 1.82) is 0 Å². The van der Waals surface area contributed by atoms with Gasteiger partial charge in [-0.1, -0.05) is 29.4 Å². The molecular weight excluding hydrogens is 342 g/mol. The lowest BCUT2D eigenvalue weighted by atomic mass is 9.98. The molecule has 1 atom stereocenters. The zero-order valence-electron chi connectivity index (χ0n) is 15.4. The van der Waals surface area contributed by atoms with Gasteiger partial charge in [-0.05, 0) is 37.8 Å². The van der Waals surface area contributed by atoms with Gasteiger partial charge in [0.2, 0.25) is 5.89 Å². The molecule has 0 aliphatic carbocycles. The second kappa shape index (κ2) is 7.73. The van der Waals surface area contributed by atoms with Crippen LogP contribution in [0, 0.1) is 6.92 Å². The fourth-order valence-corrected chi connectivity index (χ4v) is 3.63. The average Bonchev–Trinajstić information content (AvgIpc) is 3.14. The molecule has 1 aliphatic heterocycles. The Morgan fingerprint density at radius 1 is 1.33 bits per heavy atom. The highest BCUT2D eigenvalue weighted by molar-refractivity contribution is 5.81. The minimum absolute atomic E-state index is 0.0378. The fourth-order valence-electron chi connectivity index (χ4n) is 3.63. The summed E-state index contributed by atoms with van der Waals surface area (Å²) in [6.07, 6.45) is 4.46. The van der Waals surface area contributed by atoms with Crippen LogP contribution in [0.3, 0.4) is 0 Å². The van der Waals surface area contributed by atoms with Crippen molar-refractivity contribution in [1.82, 2.24) is 25.3 Å². The van der Waals surface area contributed by atoms with Crippen LogP contribution in [0.15, 0.2) is 41.1 Å². The Kier molecular flexibility index (Phi) is 5.00. The van der Waals surface area contributed by atoms with Crippen LogP contribution in [0.5, 0.6) is 0 Å². The minimum Gasteiger partial charge on any atom is -0.339 e. The number of nitrogens with one attached hydrogen (secondary N) is 1. The Morgan fingerprint density at radius 3 is 3.07 bits per heavy atom. The van der Waals surface area contributed by atoms with E-state index < -0.39 is 0 Å². The zero-order valence-corrected chi connectivity index (χ0v) is 15.4. The van der Waals surface area contributed by atoms with Crippen molar-refractivity contribution in [2.24, 2.45) is 0 Å². The first kappa shape index (κ1) is 17.5. The van der Waals surface area contributed by atoms with Crippen LogP contribution in [-0.2, 0) is 6.42 Å². The molecule has 1 N–H and O–H groups in total. The van der Waals surface area contributed by atoms with Crippen molar-refractivity contribution in [3.05, 3.63) is 53.8 Å². The van der Waals surface area contributed by atoms with Gasteiger partial charge < -0.3 is 14.7 Å². The largest absolute Gasteiger partial charge is 0.339 e. The summed E-state index contributed by atoms with van der Waals surface area (Å²) in [5.41, 5.74) is 2.14. The van der Waals surface area contributed by atoms with Crippen molar-refractivity contribution in [2.75, 3.05) is 19.6 Å². The van der Waals surface area contributed by atoms with E-state index in [1.165, 1.54) is 0 Å². The van der Waals surface area contributed by atoms with Crippen molar-refractivity contribution >= 4 is 16.9 Å². The molecule has 0 spiro atoms. The highest BCUT2D eigenvalue weighted by atomic mass is 16.5. The van der Waals surface area contributed by atoms with Gasteiger partial charge in [-0.3, -0.25) is 4.98 Å². The Bertz CT molecular complexity index is 934. The number of hydrogen-bond donors (Lipinski definition) is 1. The van der Waals surface area contributed by atoms with Gasteiger partial charge in [0.1, 0.15) is 0 Å². The Morgan fingerprint density at radius 2 is 2.22 bits per heavy atom. The molecule has 3 heterocycles. The molecule has 3 aromatic rings. The number of urea groups is 1. The Labute approximate surface area is 157 Å². The molecule has 1 aliphatic rings. The number of para-hydroxylation sites is 1. The molecule has 7 nitrogen and oxygen atoms in total. The average molecular weight is 365 g/mol. The summed E-state index contributed by atoms with van der Waals surface area (Å²) in [4.78, 5) is 23.2. The van der Waals surface area contributed by atoms with Gasteiger partial charge in [-0.2, -0.15) is 4.98 Å². The number of fused-ring (bicyclic) bond motifs is 1. The lowest BCUT2D eigenvalue weighted by Crippen LogP contribution is -2.45. The monoisotopic (exact) mass is 365 g/mol. The van der Waals surface area contributed by atoms with Gasteiger partial charge in [0.15, 0.2) is 5.82 Å². The number of hydrogen-bond acceptors (Lipinski definition) is 5. The summed E-state index contributed by atoms with van der Waals surface area (Å²) in [6.45, 7) is 3.76. The van der Waals surface area contributed by atoms with Crippen LogP contribution in [0.25, 0.3) is 10.9 Å². The lowest BCUT2D eigenvalue weighted by molar-refractivity contribution is 0.172. The van der Waals surface area contributed by atoms with Crippen molar-refractivity contribution in [3.63, 3.8) is 0 Å². The van der Waals surface area contributed by atoms with E-state index in [-0.39, 0.29) is 11.9 Å². The molecule has 2 amide bonds. The third-order valence-corrected chi connectivity index (χ3v) is 4.99. The normalized spacial score (nSPS) is 17.2. The molecule has 0 saturated carbocycles. The molecule has 4 rings (SSSR count). The molecule has 1 aromatic carbocycles. The molecule has 1 saturated heterocycles. The summed E-state index contributed by atoms with van der Waals surface area (Å²) in [6, 6.07) is 10.1. The molecule has 2 aromatic heterocycles. The number of carbonyl (C=O) groups is 1. The topological polar surface area (TPSA) is 84.2 Å². The number of piperidine rings is 1. The number of pyridine rings is 1. The maximum atomic E-state index is 12.6. The molecule has 0 bridgehead atoms. The summed E-state index contributed by atoms with van der Waals surface area (Å²) >= 11 is 0. The first-order valence-corrected chi connectivity index (χ1v) is 9.36. The molecule has 0 radical (unpaired) electrons. The smallest absolute Gasteiger partial charge is 0.317 e. The van der Waals surface area contributed by atoms with Gasteiger partial charge in [-0.25, -0.2) is 4.79 Å². The standard InChI is InChI=1S/C20H23N5O2/c1-14-23-19(27-24-14)17-8-4-12-25(13-17)20(26)22-11-9-16-6-2-5-15-7-3-10-21-18(15)16/h2-3,5-7,10,17H,4,8-9,11-13H2,1H3,(H,22,26)/t17-/m1/s1. The van der Waals surface area contributed by atoms with E-state index in [0.29, 0.717) is 24.8 Å². The molecule has 140 valence electrons. The van der Waals surface area contributed by atoms with Crippen LogP contribution in [-0.4, -0.2) is 45.7 Å². The summed E-state index contributed by atoms with van der Waals surface area (Å²) < 4.78 is 5.29. The van der Waals surface area contributed by atoms with E-state index in [4.69, 9.17) is 4.52 Å². The summed E-state index contributed by atoms with van der Waals surface area (Å²) in [5.74, 6) is 1.38. The van der Waals surface area contributed by atoms with Crippen molar-refractivity contribution in [3.8, 4) is 0 Å². The van der Waals surface area contributed by atoms with Gasteiger partial charge in [0.25, 0.3) is 0 Å². The third kappa shape index (κ3) is 3.92. The second-order valence-corrected chi connectivity index (χ2v) is 6.94. The van der Waals surface area contributed by atoms with E-state index in [9.17, 15) is 4.79 Å². The quantitative estimate of drug-likeness (QED) is 0.768. The van der Waals surface area contributed by atoms with Gasteiger partial charge in [0.05, 0.1) is 11.4 Å². The molecule has 7 heteroatoms. The van der Waals surface area contributed by atoms with Gasteiger partial charge in [-0.15, -0.1) is 0 Å². The SMILES string of the molecule is Cc1noc([C@@H]2CCCN(C(=O)NCCc3cccc4cccnc34)C2)n1. The van der Waals surface area contributed by atoms with Gasteiger partial charge >= 0.3 is 6.03 Å². The van der Waals surface area contributed by atoms with E-state index in [1.54, 1.807) is 6.20 Å². The van der Waals surface area contributed by atoms with Crippen LogP contribution >= 0.6 is 0 Å². The Balaban J connectivity index is 1.33. The highest BCUT2D eigenvalue weighted by Crippen LogP contribution is 2.25. The van der Waals surface area contributed by atoms with E-state index in [2.05, 4.69) is 38.6 Å². The number of likely N-dealkylation sites (tertiary alicyclic amines) is 1. The predicted octanol–water partition coefficient (Wildman–Crippen LogP) is 3.06. The Hall–Kier alpha value is -2.96. The number of nitrogens with zero attached hydrogens (tertiary/aromatic N) is 4. The molecule has 1 fully saturated rings. The van der Waals surface area contributed by atoms with E-state index in [0.717, 1.165) is 42.3 Å². The third-order valence-electron chi connectivity index (χ3n) is 4.99. The zero-order chi connectivity index (χ0) is 18.6.